The van der Waals surface area contributed by atoms with Gasteiger partial charge in [0, 0.05) is 25.0 Å². The molecular formula is C20H25N3O4S. The number of pyridine rings is 1. The van der Waals surface area contributed by atoms with Crippen molar-refractivity contribution in [2.24, 2.45) is 0 Å². The minimum absolute atomic E-state index is 0.197. The first kappa shape index (κ1) is 21.6. The predicted molar refractivity (Wildman–Crippen MR) is 106 cm³/mol. The first-order valence-electron chi connectivity index (χ1n) is 8.92. The van der Waals surface area contributed by atoms with Crippen LogP contribution in [0, 0.1) is 13.8 Å². The largest absolute Gasteiger partial charge is 0.346 e. The Morgan fingerprint density at radius 2 is 1.82 bits per heavy atom. The molecule has 1 heterocycles. The van der Waals surface area contributed by atoms with E-state index in [0.717, 1.165) is 5.56 Å². The minimum Gasteiger partial charge on any atom is -0.346 e. The molecule has 0 bridgehead atoms. The quantitative estimate of drug-likeness (QED) is 0.716. The third-order valence-electron chi connectivity index (χ3n) is 4.15. The van der Waals surface area contributed by atoms with E-state index in [-0.39, 0.29) is 17.5 Å². The fourth-order valence-corrected chi connectivity index (χ4v) is 4.71. The lowest BCUT2D eigenvalue weighted by atomic mass is 10.2. The van der Waals surface area contributed by atoms with Crippen LogP contribution in [0.3, 0.4) is 0 Å². The van der Waals surface area contributed by atoms with Gasteiger partial charge in [-0.05, 0) is 56.5 Å². The summed E-state index contributed by atoms with van der Waals surface area (Å²) in [7, 11) is -3.84. The third kappa shape index (κ3) is 5.16. The number of hydrogen-bond donors (Lipinski definition) is 2. The number of aromatic nitrogens is 1. The number of amides is 2. The molecule has 0 aliphatic rings. The van der Waals surface area contributed by atoms with Crippen LogP contribution in [-0.4, -0.2) is 37.8 Å². The molecule has 2 amide bonds. The van der Waals surface area contributed by atoms with E-state index in [1.54, 1.807) is 51.2 Å². The van der Waals surface area contributed by atoms with Crippen LogP contribution in [-0.2, 0) is 19.4 Å². The lowest BCUT2D eigenvalue weighted by molar-refractivity contribution is -0.139. The lowest BCUT2D eigenvalue weighted by Crippen LogP contribution is -2.44. The monoisotopic (exact) mass is 403 g/mol. The van der Waals surface area contributed by atoms with Gasteiger partial charge < -0.3 is 10.6 Å². The zero-order valence-electron chi connectivity index (χ0n) is 16.4. The van der Waals surface area contributed by atoms with Crippen molar-refractivity contribution in [3.63, 3.8) is 0 Å². The van der Waals surface area contributed by atoms with Gasteiger partial charge in [0.1, 0.15) is 5.25 Å². The predicted octanol–water partition coefficient (Wildman–Crippen LogP) is 1.85. The molecule has 0 spiro atoms. The molecule has 0 fully saturated rings. The van der Waals surface area contributed by atoms with Crippen LogP contribution in [0.5, 0.6) is 0 Å². The number of nitrogens with one attached hydrogen (secondary N) is 2. The normalized spacial score (nSPS) is 12.5. The maximum Gasteiger partial charge on any atom is 0.309 e. The third-order valence-corrected chi connectivity index (χ3v) is 6.40. The number of hydrogen-bond acceptors (Lipinski definition) is 5. The molecule has 2 aromatic rings. The van der Waals surface area contributed by atoms with Gasteiger partial charge in [-0.1, -0.05) is 18.2 Å². The zero-order valence-corrected chi connectivity index (χ0v) is 17.2. The number of benzene rings is 1. The molecule has 1 aromatic carbocycles. The second kappa shape index (κ2) is 8.97. The second-order valence-corrected chi connectivity index (χ2v) is 9.03. The molecule has 0 unspecified atom stereocenters. The van der Waals surface area contributed by atoms with Crippen LogP contribution in [0.15, 0.2) is 47.6 Å². The number of carbonyl (C=O) groups excluding carboxylic acids is 2. The SMILES string of the molecule is Cc1ccc(C)c(S(=O)(=O)[C@H](CNC(=O)C(=O)NC(C)C)c2cccnc2)c1. The number of nitrogens with zero attached hydrogens (tertiary/aromatic N) is 1. The van der Waals surface area contributed by atoms with E-state index >= 15 is 0 Å². The molecule has 1 atom stereocenters. The van der Waals surface area contributed by atoms with E-state index in [4.69, 9.17) is 0 Å². The van der Waals surface area contributed by atoms with Crippen molar-refractivity contribution in [1.29, 1.82) is 0 Å². The Bertz CT molecular complexity index is 957. The van der Waals surface area contributed by atoms with E-state index in [9.17, 15) is 18.0 Å². The Labute approximate surface area is 165 Å². The summed E-state index contributed by atoms with van der Waals surface area (Å²) in [6.07, 6.45) is 2.99. The zero-order chi connectivity index (χ0) is 20.9. The fraction of sp³-hybridized carbons (Fsp3) is 0.350. The van der Waals surface area contributed by atoms with Crippen LogP contribution < -0.4 is 10.6 Å². The summed E-state index contributed by atoms with van der Waals surface area (Å²) in [6.45, 7) is 6.76. The van der Waals surface area contributed by atoms with Crippen LogP contribution in [0.2, 0.25) is 0 Å². The summed E-state index contributed by atoms with van der Waals surface area (Å²) in [5, 5.41) is 3.85. The van der Waals surface area contributed by atoms with E-state index in [2.05, 4.69) is 15.6 Å². The Kier molecular flexibility index (Phi) is 6.90. The van der Waals surface area contributed by atoms with Gasteiger partial charge in [-0.2, -0.15) is 0 Å². The Hall–Kier alpha value is -2.74. The molecule has 28 heavy (non-hydrogen) atoms. The first-order chi connectivity index (χ1) is 13.1. The maximum absolute atomic E-state index is 13.4. The Balaban J connectivity index is 2.37. The van der Waals surface area contributed by atoms with Crippen LogP contribution in [0.1, 0.15) is 35.8 Å². The summed E-state index contributed by atoms with van der Waals surface area (Å²) in [6, 6.07) is 8.27. The van der Waals surface area contributed by atoms with Gasteiger partial charge in [-0.25, -0.2) is 8.42 Å². The highest BCUT2D eigenvalue weighted by atomic mass is 32.2. The van der Waals surface area contributed by atoms with Crippen molar-refractivity contribution in [3.05, 3.63) is 59.4 Å². The van der Waals surface area contributed by atoms with E-state index in [0.29, 0.717) is 11.1 Å². The summed E-state index contributed by atoms with van der Waals surface area (Å²) in [5.74, 6) is -1.68. The number of carbonyl (C=O) groups is 2. The average Bonchev–Trinajstić information content (AvgIpc) is 2.63. The van der Waals surface area contributed by atoms with Gasteiger partial charge in [0.15, 0.2) is 9.84 Å². The molecule has 2 N–H and O–H groups in total. The summed E-state index contributed by atoms with van der Waals surface area (Å²) in [5.41, 5.74) is 1.87. The van der Waals surface area contributed by atoms with Gasteiger partial charge >= 0.3 is 11.8 Å². The Morgan fingerprint density at radius 1 is 1.11 bits per heavy atom. The maximum atomic E-state index is 13.4. The van der Waals surface area contributed by atoms with Gasteiger partial charge in [-0.15, -0.1) is 0 Å². The van der Waals surface area contributed by atoms with E-state index in [1.165, 1.54) is 6.20 Å². The van der Waals surface area contributed by atoms with Crippen LogP contribution in [0.25, 0.3) is 0 Å². The molecule has 150 valence electrons. The van der Waals surface area contributed by atoms with Gasteiger partial charge in [0.25, 0.3) is 0 Å². The highest BCUT2D eigenvalue weighted by Crippen LogP contribution is 2.30. The van der Waals surface area contributed by atoms with E-state index < -0.39 is 26.9 Å². The van der Waals surface area contributed by atoms with E-state index in [1.807, 2.05) is 13.0 Å². The molecular weight excluding hydrogens is 378 g/mol. The highest BCUT2D eigenvalue weighted by molar-refractivity contribution is 7.91. The van der Waals surface area contributed by atoms with Crippen molar-refractivity contribution in [2.45, 2.75) is 43.9 Å². The van der Waals surface area contributed by atoms with Crippen molar-refractivity contribution in [1.82, 2.24) is 15.6 Å². The summed E-state index contributed by atoms with van der Waals surface area (Å²) < 4.78 is 26.8. The minimum atomic E-state index is -3.84. The molecule has 1 aromatic heterocycles. The standard InChI is InChI=1S/C20H25N3O4S/c1-13(2)23-20(25)19(24)22-12-18(16-6-5-9-21-11-16)28(26,27)17-10-14(3)7-8-15(17)4/h5-11,13,18H,12H2,1-4H3,(H,22,24)(H,23,25)/t18-/m1/s1. The van der Waals surface area contributed by atoms with Crippen molar-refractivity contribution in [2.75, 3.05) is 6.54 Å². The molecule has 0 aliphatic heterocycles. The Morgan fingerprint density at radius 3 is 2.43 bits per heavy atom. The molecule has 0 radical (unpaired) electrons. The highest BCUT2D eigenvalue weighted by Gasteiger charge is 2.31. The number of rotatable bonds is 6. The molecule has 8 heteroatoms. The van der Waals surface area contributed by atoms with Crippen LogP contribution >= 0.6 is 0 Å². The molecule has 0 aliphatic carbocycles. The summed E-state index contributed by atoms with van der Waals surface area (Å²) >= 11 is 0. The van der Waals surface area contributed by atoms with Crippen molar-refractivity contribution >= 4 is 21.7 Å². The van der Waals surface area contributed by atoms with Gasteiger partial charge in [-0.3, -0.25) is 14.6 Å². The average molecular weight is 404 g/mol. The van der Waals surface area contributed by atoms with Crippen molar-refractivity contribution < 1.29 is 18.0 Å². The topological polar surface area (TPSA) is 105 Å². The summed E-state index contributed by atoms with van der Waals surface area (Å²) in [4.78, 5) is 28.1. The molecule has 0 saturated carbocycles. The smallest absolute Gasteiger partial charge is 0.309 e. The molecule has 0 saturated heterocycles. The van der Waals surface area contributed by atoms with Crippen LogP contribution in [0.4, 0.5) is 0 Å². The molecule has 7 nitrogen and oxygen atoms in total. The number of sulfone groups is 1. The van der Waals surface area contributed by atoms with Gasteiger partial charge in [0.2, 0.25) is 0 Å². The molecule has 2 rings (SSSR count). The van der Waals surface area contributed by atoms with Crippen molar-refractivity contribution in [3.8, 4) is 0 Å². The second-order valence-electron chi connectivity index (χ2n) is 6.93. The van der Waals surface area contributed by atoms with Gasteiger partial charge in [0.05, 0.1) is 4.90 Å². The lowest BCUT2D eigenvalue weighted by Gasteiger charge is -2.20. The first-order valence-corrected chi connectivity index (χ1v) is 10.5. The number of aryl methyl sites for hydroxylation is 2. The fourth-order valence-electron chi connectivity index (χ4n) is 2.73.